The van der Waals surface area contributed by atoms with Gasteiger partial charge in [0.25, 0.3) is 5.91 Å². The van der Waals surface area contributed by atoms with E-state index in [0.29, 0.717) is 17.5 Å². The van der Waals surface area contributed by atoms with E-state index >= 15 is 0 Å². The molecule has 0 unspecified atom stereocenters. The van der Waals surface area contributed by atoms with Crippen LogP contribution in [-0.2, 0) is 16.0 Å². The van der Waals surface area contributed by atoms with Crippen molar-refractivity contribution in [3.63, 3.8) is 0 Å². The number of fused-ring (bicyclic) bond motifs is 2. The van der Waals surface area contributed by atoms with Crippen LogP contribution < -0.4 is 10.3 Å². The first kappa shape index (κ1) is 18.9. The van der Waals surface area contributed by atoms with E-state index in [4.69, 9.17) is 9.15 Å². The second-order valence-corrected chi connectivity index (χ2v) is 7.24. The van der Waals surface area contributed by atoms with Crippen molar-refractivity contribution < 1.29 is 18.7 Å². The van der Waals surface area contributed by atoms with Gasteiger partial charge in [-0.3, -0.25) is 9.59 Å². The molecule has 1 aliphatic rings. The molecule has 1 atom stereocenters. The molecule has 0 aliphatic carbocycles. The van der Waals surface area contributed by atoms with Crippen molar-refractivity contribution in [1.82, 2.24) is 0 Å². The summed E-state index contributed by atoms with van der Waals surface area (Å²) in [7, 11) is 0. The number of carbonyl (C=O) groups excluding carboxylic acids is 2. The summed E-state index contributed by atoms with van der Waals surface area (Å²) in [6.45, 7) is 3.97. The van der Waals surface area contributed by atoms with Crippen LogP contribution >= 0.6 is 0 Å². The zero-order chi connectivity index (χ0) is 20.5. The molecule has 148 valence electrons. The topological polar surface area (TPSA) is 76.8 Å². The van der Waals surface area contributed by atoms with Crippen molar-refractivity contribution in [1.29, 1.82) is 0 Å². The van der Waals surface area contributed by atoms with E-state index in [1.807, 2.05) is 31.2 Å². The molecule has 29 heavy (non-hydrogen) atoms. The van der Waals surface area contributed by atoms with E-state index in [-0.39, 0.29) is 17.1 Å². The van der Waals surface area contributed by atoms with Crippen molar-refractivity contribution in [2.45, 2.75) is 32.8 Å². The number of benzene rings is 2. The van der Waals surface area contributed by atoms with Crippen LogP contribution in [0.5, 0.6) is 0 Å². The Morgan fingerprint density at radius 1 is 1.14 bits per heavy atom. The highest BCUT2D eigenvalue weighted by atomic mass is 16.6. The minimum atomic E-state index is -1.01. The van der Waals surface area contributed by atoms with Crippen molar-refractivity contribution in [3.05, 3.63) is 75.6 Å². The highest BCUT2D eigenvalue weighted by Crippen LogP contribution is 2.27. The normalized spacial score (nSPS) is 14.3. The number of anilines is 1. The maximum atomic E-state index is 12.9. The molecule has 0 fully saturated rings. The van der Waals surface area contributed by atoms with Gasteiger partial charge < -0.3 is 14.1 Å². The fraction of sp³-hybridized carbons (Fsp3) is 0.261. The molecule has 1 aromatic heterocycles. The summed E-state index contributed by atoms with van der Waals surface area (Å²) in [6, 6.07) is 14.0. The number of esters is 1. The summed E-state index contributed by atoms with van der Waals surface area (Å²) in [5.41, 5.74) is 2.84. The van der Waals surface area contributed by atoms with Crippen molar-refractivity contribution in [3.8, 4) is 0 Å². The third-order valence-electron chi connectivity index (χ3n) is 5.09. The van der Waals surface area contributed by atoms with Gasteiger partial charge in [-0.15, -0.1) is 0 Å². The third kappa shape index (κ3) is 3.66. The molecular formula is C23H21NO5. The van der Waals surface area contributed by atoms with Crippen LogP contribution in [0.3, 0.4) is 0 Å². The summed E-state index contributed by atoms with van der Waals surface area (Å²) in [6.07, 6.45) is 0.755. The molecule has 6 nitrogen and oxygen atoms in total. The summed E-state index contributed by atoms with van der Waals surface area (Å²) >= 11 is 0. The molecule has 4 rings (SSSR count). The smallest absolute Gasteiger partial charge is 0.375 e. The number of ether oxygens (including phenoxy) is 1. The number of nitrogens with zero attached hydrogens (tertiary/aromatic N) is 1. The van der Waals surface area contributed by atoms with Gasteiger partial charge >= 0.3 is 5.97 Å². The van der Waals surface area contributed by atoms with Crippen molar-refractivity contribution in [2.75, 3.05) is 11.4 Å². The summed E-state index contributed by atoms with van der Waals surface area (Å²) in [5.74, 6) is -1.36. The summed E-state index contributed by atoms with van der Waals surface area (Å²) in [5, 5.41) is 0.399. The predicted molar refractivity (Wildman–Crippen MR) is 109 cm³/mol. The Kier molecular flexibility index (Phi) is 4.92. The fourth-order valence-electron chi connectivity index (χ4n) is 3.62. The zero-order valence-corrected chi connectivity index (χ0v) is 16.3. The van der Waals surface area contributed by atoms with E-state index in [1.165, 1.54) is 6.92 Å². The molecule has 0 bridgehead atoms. The van der Waals surface area contributed by atoms with Gasteiger partial charge in [-0.1, -0.05) is 29.8 Å². The Hall–Kier alpha value is -3.41. The van der Waals surface area contributed by atoms with Crippen LogP contribution in [0.4, 0.5) is 5.69 Å². The fourth-order valence-corrected chi connectivity index (χ4v) is 3.62. The highest BCUT2D eigenvalue weighted by molar-refractivity contribution is 5.99. The van der Waals surface area contributed by atoms with Gasteiger partial charge in [-0.25, -0.2) is 4.79 Å². The standard InChI is InChI=1S/C23H21NO5/c1-14-9-10-20-17(12-14)19(25)13-21(29-20)23(27)28-15(2)22(26)24-11-5-7-16-6-3-4-8-18(16)24/h3-4,6,8-10,12-13,15H,5,7,11H2,1-2H3/t15-/m0/s1. The minimum Gasteiger partial charge on any atom is -0.449 e. The molecule has 0 N–H and O–H groups in total. The Morgan fingerprint density at radius 3 is 2.76 bits per heavy atom. The third-order valence-corrected chi connectivity index (χ3v) is 5.09. The first-order chi connectivity index (χ1) is 13.9. The zero-order valence-electron chi connectivity index (χ0n) is 16.3. The lowest BCUT2D eigenvalue weighted by atomic mass is 10.0. The molecular weight excluding hydrogens is 370 g/mol. The van der Waals surface area contributed by atoms with Crippen LogP contribution in [0.1, 0.15) is 35.0 Å². The monoisotopic (exact) mass is 391 g/mol. The molecule has 0 saturated heterocycles. The van der Waals surface area contributed by atoms with Crippen LogP contribution in [-0.4, -0.2) is 24.5 Å². The maximum Gasteiger partial charge on any atom is 0.375 e. The average molecular weight is 391 g/mol. The van der Waals surface area contributed by atoms with E-state index in [9.17, 15) is 14.4 Å². The Morgan fingerprint density at radius 2 is 1.93 bits per heavy atom. The van der Waals surface area contributed by atoms with E-state index in [1.54, 1.807) is 23.1 Å². The lowest BCUT2D eigenvalue weighted by Gasteiger charge is -2.31. The average Bonchev–Trinajstić information content (AvgIpc) is 2.73. The second-order valence-electron chi connectivity index (χ2n) is 7.24. The van der Waals surface area contributed by atoms with Gasteiger partial charge in [0.1, 0.15) is 5.58 Å². The Balaban J connectivity index is 1.54. The van der Waals surface area contributed by atoms with Crippen molar-refractivity contribution in [2.24, 2.45) is 0 Å². The molecule has 3 aromatic rings. The van der Waals surface area contributed by atoms with Gasteiger partial charge in [-0.2, -0.15) is 0 Å². The molecule has 6 heteroatoms. The van der Waals surface area contributed by atoms with Crippen LogP contribution in [0.2, 0.25) is 0 Å². The molecule has 1 amide bonds. The molecule has 0 spiro atoms. The first-order valence-electron chi connectivity index (χ1n) is 9.59. The van der Waals surface area contributed by atoms with Crippen molar-refractivity contribution >= 4 is 28.5 Å². The molecule has 2 heterocycles. The Bertz CT molecular complexity index is 1160. The van der Waals surface area contributed by atoms with E-state index in [2.05, 4.69) is 0 Å². The highest BCUT2D eigenvalue weighted by Gasteiger charge is 2.29. The van der Waals surface area contributed by atoms with Gasteiger partial charge in [0, 0.05) is 18.3 Å². The molecule has 0 radical (unpaired) electrons. The number of rotatable bonds is 3. The quantitative estimate of drug-likeness (QED) is 0.637. The van der Waals surface area contributed by atoms with Crippen LogP contribution in [0, 0.1) is 6.92 Å². The van der Waals surface area contributed by atoms with E-state index < -0.39 is 12.1 Å². The predicted octanol–water partition coefficient (Wildman–Crippen LogP) is 3.63. The van der Waals surface area contributed by atoms with Gasteiger partial charge in [0.15, 0.2) is 11.5 Å². The number of hydrogen-bond acceptors (Lipinski definition) is 5. The Labute approximate surface area is 167 Å². The summed E-state index contributed by atoms with van der Waals surface area (Å²) < 4.78 is 10.9. The van der Waals surface area contributed by atoms with Crippen LogP contribution in [0.25, 0.3) is 11.0 Å². The maximum absolute atomic E-state index is 12.9. The van der Waals surface area contributed by atoms with Gasteiger partial charge in [0.2, 0.25) is 5.76 Å². The molecule has 0 saturated carbocycles. The minimum absolute atomic E-state index is 0.218. The molecule has 1 aliphatic heterocycles. The number of para-hydroxylation sites is 1. The number of carbonyl (C=O) groups is 2. The number of amides is 1. The van der Waals surface area contributed by atoms with E-state index in [0.717, 1.165) is 35.7 Å². The number of hydrogen-bond donors (Lipinski definition) is 0. The lowest BCUT2D eigenvalue weighted by Crippen LogP contribution is -2.42. The molecule has 2 aromatic carbocycles. The first-order valence-corrected chi connectivity index (χ1v) is 9.59. The van der Waals surface area contributed by atoms with Gasteiger partial charge in [0.05, 0.1) is 5.39 Å². The van der Waals surface area contributed by atoms with Crippen LogP contribution in [0.15, 0.2) is 57.7 Å². The SMILES string of the molecule is Cc1ccc2oc(C(=O)O[C@@H](C)C(=O)N3CCCc4ccccc43)cc(=O)c2c1. The van der Waals surface area contributed by atoms with Gasteiger partial charge in [-0.05, 0) is 50.5 Å². The number of aryl methyl sites for hydroxylation is 2. The second kappa shape index (κ2) is 7.54. The largest absolute Gasteiger partial charge is 0.449 e. The summed E-state index contributed by atoms with van der Waals surface area (Å²) in [4.78, 5) is 39.4. The lowest BCUT2D eigenvalue weighted by molar-refractivity contribution is -0.126.